The lowest BCUT2D eigenvalue weighted by atomic mass is 10.1. The van der Waals surface area contributed by atoms with Gasteiger partial charge in [-0.3, -0.25) is 0 Å². The van der Waals surface area contributed by atoms with Crippen molar-refractivity contribution in [2.45, 2.75) is 29.2 Å². The first-order chi connectivity index (χ1) is 8.33. The maximum Gasteiger partial charge on any atom is 0.253 e. The number of thioether (sulfide) groups is 1. The van der Waals surface area contributed by atoms with E-state index in [1.165, 1.54) is 11.3 Å². The van der Waals surface area contributed by atoms with E-state index in [2.05, 4.69) is 29.8 Å². The molecule has 1 aromatic rings. The molecule has 2 heterocycles. The van der Waals surface area contributed by atoms with Crippen molar-refractivity contribution in [3.05, 3.63) is 15.9 Å². The first-order valence-electron chi connectivity index (χ1n) is 5.70. The molecule has 1 saturated heterocycles. The molecule has 3 nitrogen and oxygen atoms in total. The van der Waals surface area contributed by atoms with Crippen LogP contribution in [0.15, 0.2) is 20.1 Å². The smallest absolute Gasteiger partial charge is 0.206 e. The van der Waals surface area contributed by atoms with Crippen molar-refractivity contribution in [1.29, 1.82) is 0 Å². The molecule has 0 radical (unpaired) electrons. The summed E-state index contributed by atoms with van der Waals surface area (Å²) < 4.78 is 27.9. The van der Waals surface area contributed by atoms with Gasteiger partial charge in [0, 0.05) is 28.1 Å². The Labute approximate surface area is 125 Å². The van der Waals surface area contributed by atoms with Gasteiger partial charge in [0.05, 0.1) is 0 Å². The molecule has 0 spiro atoms. The third-order valence-electron chi connectivity index (χ3n) is 2.96. The largest absolute Gasteiger partial charge is 0.253 e. The van der Waals surface area contributed by atoms with Gasteiger partial charge in [-0.1, -0.05) is 13.8 Å². The van der Waals surface area contributed by atoms with Gasteiger partial charge in [0.25, 0.3) is 10.0 Å². The Kier molecular flexibility index (Phi) is 4.48. The molecule has 0 aliphatic carbocycles. The van der Waals surface area contributed by atoms with Gasteiger partial charge in [0.2, 0.25) is 0 Å². The summed E-state index contributed by atoms with van der Waals surface area (Å²) in [6.45, 7) is 5.55. The Balaban J connectivity index is 2.24. The second-order valence-corrected chi connectivity index (χ2v) is 10.5. The van der Waals surface area contributed by atoms with Gasteiger partial charge < -0.3 is 0 Å². The molecule has 0 atom stereocenters. The van der Waals surface area contributed by atoms with E-state index in [4.69, 9.17) is 0 Å². The molecule has 2 rings (SSSR count). The van der Waals surface area contributed by atoms with Gasteiger partial charge in [-0.2, -0.15) is 16.1 Å². The monoisotopic (exact) mass is 369 g/mol. The third kappa shape index (κ3) is 3.12. The molecule has 7 heteroatoms. The molecule has 0 aromatic carbocycles. The summed E-state index contributed by atoms with van der Waals surface area (Å²) in [5.74, 6) is 0.856. The number of halogens is 1. The molecule has 102 valence electrons. The molecule has 1 fully saturated rings. The first kappa shape index (κ1) is 14.8. The van der Waals surface area contributed by atoms with Gasteiger partial charge >= 0.3 is 0 Å². The number of hydrogen-bond acceptors (Lipinski definition) is 4. The molecule has 0 amide bonds. The molecule has 0 saturated carbocycles. The quantitative estimate of drug-likeness (QED) is 0.801. The second kappa shape index (κ2) is 5.44. The van der Waals surface area contributed by atoms with Crippen LogP contribution in [0.3, 0.4) is 0 Å². The molecule has 1 aromatic heterocycles. The van der Waals surface area contributed by atoms with Crippen LogP contribution in [0.2, 0.25) is 0 Å². The second-order valence-electron chi connectivity index (χ2n) is 4.82. The fraction of sp³-hybridized carbons (Fsp3) is 0.636. The Bertz CT molecular complexity index is 524. The molecule has 1 aliphatic heterocycles. The number of sulfonamides is 1. The summed E-state index contributed by atoms with van der Waals surface area (Å²) in [7, 11) is -3.33. The highest BCUT2D eigenvalue weighted by molar-refractivity contribution is 9.10. The highest BCUT2D eigenvalue weighted by atomic mass is 79.9. The Hall–Kier alpha value is 0.440. The molecule has 18 heavy (non-hydrogen) atoms. The average Bonchev–Trinajstić information content (AvgIpc) is 2.60. The van der Waals surface area contributed by atoms with Crippen LogP contribution in [-0.4, -0.2) is 36.3 Å². The first-order valence-corrected chi connectivity index (χ1v) is 9.80. The van der Waals surface area contributed by atoms with Crippen molar-refractivity contribution >= 4 is 49.1 Å². The van der Waals surface area contributed by atoms with Crippen LogP contribution in [0, 0.1) is 0 Å². The van der Waals surface area contributed by atoms with Crippen molar-refractivity contribution in [3.63, 3.8) is 0 Å². The minimum absolute atomic E-state index is 0.164. The lowest BCUT2D eigenvalue weighted by Gasteiger charge is -2.22. The average molecular weight is 370 g/mol. The van der Waals surface area contributed by atoms with Crippen molar-refractivity contribution in [2.24, 2.45) is 0 Å². The lowest BCUT2D eigenvalue weighted by molar-refractivity contribution is 0.416. The highest BCUT2D eigenvalue weighted by Crippen LogP contribution is 2.35. The molecule has 0 unspecified atom stereocenters. The zero-order valence-corrected chi connectivity index (χ0v) is 14.4. The summed E-state index contributed by atoms with van der Waals surface area (Å²) in [6.07, 6.45) is 0.889. The van der Waals surface area contributed by atoms with Crippen LogP contribution in [-0.2, 0) is 10.0 Å². The van der Waals surface area contributed by atoms with Crippen molar-refractivity contribution < 1.29 is 8.42 Å². The Morgan fingerprint density at radius 2 is 2.11 bits per heavy atom. The van der Waals surface area contributed by atoms with Crippen molar-refractivity contribution in [3.8, 4) is 0 Å². The Morgan fingerprint density at radius 1 is 1.39 bits per heavy atom. The summed E-state index contributed by atoms with van der Waals surface area (Å²) in [6, 6.07) is 1.79. The fourth-order valence-electron chi connectivity index (χ4n) is 1.82. The Morgan fingerprint density at radius 3 is 2.72 bits per heavy atom. The maximum absolute atomic E-state index is 12.5. The van der Waals surface area contributed by atoms with E-state index in [1.807, 2.05) is 11.8 Å². The van der Waals surface area contributed by atoms with E-state index < -0.39 is 10.0 Å². The predicted molar refractivity (Wildman–Crippen MR) is 81.9 cm³/mol. The van der Waals surface area contributed by atoms with Crippen LogP contribution >= 0.6 is 39.0 Å². The van der Waals surface area contributed by atoms with Crippen LogP contribution in [0.4, 0.5) is 0 Å². The van der Waals surface area contributed by atoms with Crippen LogP contribution < -0.4 is 0 Å². The van der Waals surface area contributed by atoms with Gasteiger partial charge in [-0.15, -0.1) is 11.3 Å². The molecular formula is C11H16BrNO2S3. The van der Waals surface area contributed by atoms with Gasteiger partial charge in [-0.05, 0) is 33.8 Å². The highest BCUT2D eigenvalue weighted by Gasteiger charge is 2.32. The fourth-order valence-corrected chi connectivity index (χ4v) is 6.93. The van der Waals surface area contributed by atoms with E-state index >= 15 is 0 Å². The molecule has 0 N–H and O–H groups in total. The minimum Gasteiger partial charge on any atom is -0.206 e. The molecular weight excluding hydrogens is 354 g/mol. The third-order valence-corrected chi connectivity index (χ3v) is 8.87. The molecule has 1 aliphatic rings. The number of rotatable bonds is 2. The standard InChI is InChI=1S/C11H16BrNO2S3/c1-11(2)4-5-13(6-8-17-11)18(14,15)10-9(12)3-7-16-10/h3,7H,4-6,8H2,1-2H3. The summed E-state index contributed by atoms with van der Waals surface area (Å²) >= 11 is 6.43. The predicted octanol–water partition coefficient (Wildman–Crippen LogP) is 3.42. The van der Waals surface area contributed by atoms with Crippen molar-refractivity contribution in [2.75, 3.05) is 18.8 Å². The normalized spacial score (nSPS) is 21.7. The molecule has 0 bridgehead atoms. The number of hydrogen-bond donors (Lipinski definition) is 0. The number of nitrogens with zero attached hydrogens (tertiary/aromatic N) is 1. The van der Waals surface area contributed by atoms with Gasteiger partial charge in [-0.25, -0.2) is 8.42 Å². The van der Waals surface area contributed by atoms with Crippen molar-refractivity contribution in [1.82, 2.24) is 4.31 Å². The van der Waals surface area contributed by atoms with E-state index in [0.29, 0.717) is 21.8 Å². The lowest BCUT2D eigenvalue weighted by Crippen LogP contribution is -2.33. The summed E-state index contributed by atoms with van der Waals surface area (Å²) in [5.41, 5.74) is 0. The van der Waals surface area contributed by atoms with Gasteiger partial charge in [0.15, 0.2) is 0 Å². The van der Waals surface area contributed by atoms with E-state index in [1.54, 1.807) is 15.8 Å². The summed E-state index contributed by atoms with van der Waals surface area (Å²) in [5, 5.41) is 1.80. The minimum atomic E-state index is -3.33. The van der Waals surface area contributed by atoms with E-state index in [9.17, 15) is 8.42 Å². The van der Waals surface area contributed by atoms with Crippen LogP contribution in [0.1, 0.15) is 20.3 Å². The SMILES string of the molecule is CC1(C)CCN(S(=O)(=O)c2sccc2Br)CCS1. The maximum atomic E-state index is 12.5. The number of thiophene rings is 1. The zero-order chi connectivity index (χ0) is 13.4. The summed E-state index contributed by atoms with van der Waals surface area (Å²) in [4.78, 5) is 0. The zero-order valence-electron chi connectivity index (χ0n) is 10.3. The van der Waals surface area contributed by atoms with Crippen LogP contribution in [0.5, 0.6) is 0 Å². The van der Waals surface area contributed by atoms with E-state index in [-0.39, 0.29) is 4.75 Å². The van der Waals surface area contributed by atoms with Crippen LogP contribution in [0.25, 0.3) is 0 Å². The van der Waals surface area contributed by atoms with E-state index in [0.717, 1.165) is 12.2 Å². The topological polar surface area (TPSA) is 37.4 Å². The van der Waals surface area contributed by atoms with Gasteiger partial charge in [0.1, 0.15) is 4.21 Å².